The average molecular weight is 577 g/mol. The van der Waals surface area contributed by atoms with Crippen LogP contribution in [0.4, 0.5) is 13.6 Å². The van der Waals surface area contributed by atoms with Gasteiger partial charge in [-0.15, -0.1) is 0 Å². The quantitative estimate of drug-likeness (QED) is 0.222. The van der Waals surface area contributed by atoms with Crippen LogP contribution in [0.5, 0.6) is 5.88 Å². The summed E-state index contributed by atoms with van der Waals surface area (Å²) >= 11 is 0. The van der Waals surface area contributed by atoms with Crippen molar-refractivity contribution >= 4 is 17.5 Å². The number of aromatic nitrogens is 2. The van der Waals surface area contributed by atoms with Crippen LogP contribution < -0.4 is 15.4 Å². The third-order valence-electron chi connectivity index (χ3n) is 7.53. The van der Waals surface area contributed by atoms with Crippen molar-refractivity contribution < 1.29 is 27.8 Å². The Morgan fingerprint density at radius 1 is 1.05 bits per heavy atom. The smallest absolute Gasteiger partial charge is 0.407 e. The van der Waals surface area contributed by atoms with E-state index in [0.717, 1.165) is 24.0 Å². The first-order valence-corrected chi connectivity index (χ1v) is 14.0. The van der Waals surface area contributed by atoms with Gasteiger partial charge in [-0.05, 0) is 62.4 Å². The van der Waals surface area contributed by atoms with Crippen molar-refractivity contribution in [1.82, 2.24) is 20.2 Å². The average Bonchev–Trinajstić information content (AvgIpc) is 3.75. The first kappa shape index (κ1) is 29.0. The second-order valence-electron chi connectivity index (χ2n) is 11.0. The van der Waals surface area contributed by atoms with Crippen molar-refractivity contribution in [3.05, 3.63) is 100 Å². The predicted molar refractivity (Wildman–Crippen MR) is 153 cm³/mol. The highest BCUT2D eigenvalue weighted by Crippen LogP contribution is 2.42. The van der Waals surface area contributed by atoms with Crippen molar-refractivity contribution in [2.75, 3.05) is 6.54 Å². The first-order chi connectivity index (χ1) is 20.2. The summed E-state index contributed by atoms with van der Waals surface area (Å²) in [6.45, 7) is 5.57. The van der Waals surface area contributed by atoms with Crippen molar-refractivity contribution in [3.8, 4) is 5.88 Å². The molecule has 2 aromatic heterocycles. The molecule has 8 nitrogen and oxygen atoms in total. The van der Waals surface area contributed by atoms with E-state index in [4.69, 9.17) is 14.6 Å². The lowest BCUT2D eigenvalue weighted by Gasteiger charge is -2.29. The van der Waals surface area contributed by atoms with E-state index in [1.807, 2.05) is 57.2 Å². The Kier molecular flexibility index (Phi) is 8.42. The molecule has 2 heterocycles. The number of hydrogen-bond donors (Lipinski definition) is 2. The molecule has 0 radical (unpaired) electrons. The van der Waals surface area contributed by atoms with E-state index in [-0.39, 0.29) is 43.0 Å². The van der Waals surface area contributed by atoms with Gasteiger partial charge in [0.2, 0.25) is 5.88 Å². The Bertz CT molecular complexity index is 1580. The SMILES string of the molecule is CCC(C)(CNC(=O)c1c(C2CC2)nn2c(OCc3c(F)cccc3F)cc(C)cc12)NC(=O)OCc1ccccc1. The number of rotatable bonds is 11. The fourth-order valence-corrected chi connectivity index (χ4v) is 4.68. The maximum Gasteiger partial charge on any atom is 0.407 e. The van der Waals surface area contributed by atoms with E-state index in [1.165, 1.54) is 22.7 Å². The fourth-order valence-electron chi connectivity index (χ4n) is 4.68. The van der Waals surface area contributed by atoms with Gasteiger partial charge in [-0.2, -0.15) is 9.61 Å². The molecule has 0 aliphatic heterocycles. The number of nitrogens with zero attached hydrogens (tertiary/aromatic N) is 2. The molecule has 1 saturated carbocycles. The molecule has 2 amide bonds. The Morgan fingerprint density at radius 3 is 2.43 bits per heavy atom. The molecule has 0 bridgehead atoms. The summed E-state index contributed by atoms with van der Waals surface area (Å²) in [5.41, 5.74) is 2.32. The zero-order valence-electron chi connectivity index (χ0n) is 23.9. The number of amides is 2. The molecule has 1 aliphatic rings. The van der Waals surface area contributed by atoms with Gasteiger partial charge in [0.1, 0.15) is 24.8 Å². The van der Waals surface area contributed by atoms with Gasteiger partial charge < -0.3 is 20.1 Å². The van der Waals surface area contributed by atoms with Crippen molar-refractivity contribution in [3.63, 3.8) is 0 Å². The number of nitrogens with one attached hydrogen (secondary N) is 2. The third-order valence-corrected chi connectivity index (χ3v) is 7.53. The minimum absolute atomic E-state index is 0.131. The number of alkyl carbamates (subject to hydrolysis) is 1. The van der Waals surface area contributed by atoms with Crippen LogP contribution in [-0.4, -0.2) is 33.7 Å². The molecule has 0 spiro atoms. The highest BCUT2D eigenvalue weighted by Gasteiger charge is 2.34. The zero-order valence-corrected chi connectivity index (χ0v) is 23.9. The second-order valence-corrected chi connectivity index (χ2v) is 11.0. The Hall–Kier alpha value is -4.47. The molecular weight excluding hydrogens is 542 g/mol. The van der Waals surface area contributed by atoms with Crippen molar-refractivity contribution in [2.24, 2.45) is 0 Å². The molecule has 4 aromatic rings. The molecule has 2 aromatic carbocycles. The van der Waals surface area contributed by atoms with Crippen molar-refractivity contribution in [1.29, 1.82) is 0 Å². The standard InChI is InChI=1S/C32H34F2N4O4/c1-4-32(3,36-31(40)42-17-21-9-6-5-7-10-21)19-35-30(39)28-26-15-20(2)16-27(38(26)37-29(28)22-13-14-22)41-18-23-24(33)11-8-12-25(23)34/h5-12,15-16,22H,4,13-14,17-19H2,1-3H3,(H,35,39)(H,36,40). The Balaban J connectivity index is 1.33. The minimum Gasteiger partial charge on any atom is -0.473 e. The lowest BCUT2D eigenvalue weighted by Crippen LogP contribution is -2.53. The van der Waals surface area contributed by atoms with E-state index in [9.17, 15) is 18.4 Å². The molecule has 1 fully saturated rings. The van der Waals surface area contributed by atoms with Gasteiger partial charge in [0, 0.05) is 18.5 Å². The van der Waals surface area contributed by atoms with E-state index in [2.05, 4.69) is 10.6 Å². The molecule has 2 N–H and O–H groups in total. The molecule has 1 aliphatic carbocycles. The first-order valence-electron chi connectivity index (χ1n) is 14.0. The molecule has 5 rings (SSSR count). The summed E-state index contributed by atoms with van der Waals surface area (Å²) < 4.78 is 41.2. The van der Waals surface area contributed by atoms with Gasteiger partial charge in [0.25, 0.3) is 5.91 Å². The number of benzene rings is 2. The lowest BCUT2D eigenvalue weighted by molar-refractivity contribution is 0.0930. The summed E-state index contributed by atoms with van der Waals surface area (Å²) in [7, 11) is 0. The van der Waals surface area contributed by atoms with Gasteiger partial charge in [0.05, 0.1) is 27.9 Å². The molecule has 10 heteroatoms. The summed E-state index contributed by atoms with van der Waals surface area (Å²) in [4.78, 5) is 26.2. The summed E-state index contributed by atoms with van der Waals surface area (Å²) in [5.74, 6) is -1.33. The minimum atomic E-state index is -0.764. The third kappa shape index (κ3) is 6.53. The van der Waals surface area contributed by atoms with Crippen molar-refractivity contribution in [2.45, 2.75) is 64.7 Å². The molecule has 220 valence electrons. The number of ether oxygens (including phenoxy) is 2. The molecule has 42 heavy (non-hydrogen) atoms. The number of pyridine rings is 1. The van der Waals surface area contributed by atoms with Crippen LogP contribution >= 0.6 is 0 Å². The van der Waals surface area contributed by atoms with Gasteiger partial charge in [-0.3, -0.25) is 4.79 Å². The maximum absolute atomic E-state index is 14.2. The number of halogens is 2. The van der Waals surface area contributed by atoms with E-state index in [0.29, 0.717) is 23.2 Å². The van der Waals surface area contributed by atoms with Crippen LogP contribution in [0.15, 0.2) is 60.7 Å². The van der Waals surface area contributed by atoms with Crippen LogP contribution in [0, 0.1) is 18.6 Å². The number of carbonyl (C=O) groups excluding carboxylic acids is 2. The van der Waals surface area contributed by atoms with Gasteiger partial charge in [-0.25, -0.2) is 13.6 Å². The van der Waals surface area contributed by atoms with Gasteiger partial charge in [-0.1, -0.05) is 43.3 Å². The Morgan fingerprint density at radius 2 is 1.76 bits per heavy atom. The summed E-state index contributed by atoms with van der Waals surface area (Å²) in [6, 6.07) is 16.6. The maximum atomic E-state index is 14.2. The van der Waals surface area contributed by atoms with Crippen LogP contribution in [0.3, 0.4) is 0 Å². The molecular formula is C32H34F2N4O4. The van der Waals surface area contributed by atoms with Gasteiger partial charge >= 0.3 is 6.09 Å². The fraction of sp³-hybridized carbons (Fsp3) is 0.344. The monoisotopic (exact) mass is 576 g/mol. The number of carbonyl (C=O) groups is 2. The largest absolute Gasteiger partial charge is 0.473 e. The number of hydrogen-bond acceptors (Lipinski definition) is 5. The van der Waals surface area contributed by atoms with Crippen LogP contribution in [0.2, 0.25) is 0 Å². The van der Waals surface area contributed by atoms with Crippen LogP contribution in [0.25, 0.3) is 5.52 Å². The van der Waals surface area contributed by atoms with E-state index < -0.39 is 23.3 Å². The van der Waals surface area contributed by atoms with Gasteiger partial charge in [0.15, 0.2) is 0 Å². The molecule has 1 atom stereocenters. The van der Waals surface area contributed by atoms with Crippen LogP contribution in [-0.2, 0) is 18.0 Å². The Labute approximate surface area is 243 Å². The van der Waals surface area contributed by atoms with E-state index in [1.54, 1.807) is 6.07 Å². The summed E-state index contributed by atoms with van der Waals surface area (Å²) in [5, 5.41) is 10.6. The highest BCUT2D eigenvalue weighted by atomic mass is 19.1. The molecule has 0 saturated heterocycles. The predicted octanol–water partition coefficient (Wildman–Crippen LogP) is 6.20. The molecule has 1 unspecified atom stereocenters. The zero-order chi connectivity index (χ0) is 29.9. The number of aryl methyl sites for hydroxylation is 1. The highest BCUT2D eigenvalue weighted by molar-refractivity contribution is 6.02. The lowest BCUT2D eigenvalue weighted by atomic mass is 9.98. The second kappa shape index (κ2) is 12.2. The van der Waals surface area contributed by atoms with Crippen LogP contribution in [0.1, 0.15) is 71.8 Å². The summed E-state index contributed by atoms with van der Waals surface area (Å²) in [6.07, 6.45) is 1.78. The topological polar surface area (TPSA) is 94.0 Å². The normalized spacial score (nSPS) is 14.3. The number of fused-ring (bicyclic) bond motifs is 1. The van der Waals surface area contributed by atoms with E-state index >= 15 is 0 Å².